The molecule has 2 heteroatoms. The standard InChI is InChI=1S/C12H12.C6H12O2/c1-9-3-5-12-8-10(2)4-6-11(12)7-9;1-5-3-7-6(2)8-4-5/h3-8H,1-2H3;5-6H,3-4H2,1-2H3. The van der Waals surface area contributed by atoms with Crippen LogP contribution in [0.4, 0.5) is 0 Å². The van der Waals surface area contributed by atoms with Crippen molar-refractivity contribution in [1.82, 2.24) is 0 Å². The first-order valence-electron chi connectivity index (χ1n) is 7.25. The zero-order valence-corrected chi connectivity index (χ0v) is 12.8. The Labute approximate surface area is 121 Å². The van der Waals surface area contributed by atoms with Gasteiger partial charge < -0.3 is 9.47 Å². The smallest absolute Gasteiger partial charge is 0.154 e. The number of hydrogen-bond acceptors (Lipinski definition) is 2. The van der Waals surface area contributed by atoms with E-state index in [1.807, 2.05) is 6.92 Å². The van der Waals surface area contributed by atoms with Crippen LogP contribution in [0.5, 0.6) is 0 Å². The number of fused-ring (bicyclic) bond motifs is 1. The summed E-state index contributed by atoms with van der Waals surface area (Å²) in [5.74, 6) is 0.575. The quantitative estimate of drug-likeness (QED) is 0.704. The molecule has 108 valence electrons. The minimum absolute atomic E-state index is 0.0196. The largest absolute Gasteiger partial charge is 0.353 e. The Hall–Kier alpha value is -1.38. The molecule has 2 aromatic rings. The van der Waals surface area contributed by atoms with E-state index in [4.69, 9.17) is 9.47 Å². The fourth-order valence-corrected chi connectivity index (χ4v) is 2.18. The molecule has 2 nitrogen and oxygen atoms in total. The van der Waals surface area contributed by atoms with Crippen molar-refractivity contribution in [2.75, 3.05) is 13.2 Å². The molecule has 0 spiro atoms. The predicted octanol–water partition coefficient (Wildman–Crippen LogP) is 4.47. The molecule has 1 aliphatic heterocycles. The molecule has 0 radical (unpaired) electrons. The molecule has 0 unspecified atom stereocenters. The summed E-state index contributed by atoms with van der Waals surface area (Å²) in [6.07, 6.45) is 0.0196. The van der Waals surface area contributed by atoms with Gasteiger partial charge in [-0.15, -0.1) is 0 Å². The Morgan fingerprint density at radius 1 is 0.800 bits per heavy atom. The van der Waals surface area contributed by atoms with Gasteiger partial charge in [0.25, 0.3) is 0 Å². The summed E-state index contributed by atoms with van der Waals surface area (Å²) in [4.78, 5) is 0. The third-order valence-corrected chi connectivity index (χ3v) is 3.38. The third-order valence-electron chi connectivity index (χ3n) is 3.38. The van der Waals surface area contributed by atoms with Gasteiger partial charge in [-0.1, -0.05) is 54.4 Å². The Kier molecular flexibility index (Phi) is 5.16. The lowest BCUT2D eigenvalue weighted by Gasteiger charge is -2.24. The van der Waals surface area contributed by atoms with Gasteiger partial charge in [0.05, 0.1) is 13.2 Å². The van der Waals surface area contributed by atoms with Crippen LogP contribution in [0.3, 0.4) is 0 Å². The highest BCUT2D eigenvalue weighted by Gasteiger charge is 2.13. The van der Waals surface area contributed by atoms with Crippen molar-refractivity contribution in [3.8, 4) is 0 Å². The van der Waals surface area contributed by atoms with Crippen molar-refractivity contribution in [2.24, 2.45) is 5.92 Å². The van der Waals surface area contributed by atoms with E-state index < -0.39 is 0 Å². The molecule has 1 heterocycles. The van der Waals surface area contributed by atoms with Crippen molar-refractivity contribution in [3.05, 3.63) is 47.5 Å². The van der Waals surface area contributed by atoms with E-state index in [-0.39, 0.29) is 6.29 Å². The number of ether oxygens (including phenoxy) is 2. The monoisotopic (exact) mass is 272 g/mol. The lowest BCUT2D eigenvalue weighted by atomic mass is 10.1. The van der Waals surface area contributed by atoms with Crippen LogP contribution in [0, 0.1) is 19.8 Å². The minimum Gasteiger partial charge on any atom is -0.353 e. The molecule has 0 aromatic heterocycles. The molecule has 0 bridgehead atoms. The molecular weight excluding hydrogens is 248 g/mol. The van der Waals surface area contributed by atoms with E-state index in [0.717, 1.165) is 13.2 Å². The molecular formula is C18H24O2. The Balaban J connectivity index is 0.000000160. The summed E-state index contributed by atoms with van der Waals surface area (Å²) >= 11 is 0. The first kappa shape index (κ1) is 15.0. The van der Waals surface area contributed by atoms with E-state index in [2.05, 4.69) is 57.2 Å². The molecule has 0 saturated carbocycles. The van der Waals surface area contributed by atoms with E-state index in [1.165, 1.54) is 21.9 Å². The van der Waals surface area contributed by atoms with Crippen molar-refractivity contribution in [2.45, 2.75) is 34.0 Å². The molecule has 1 fully saturated rings. The average Bonchev–Trinajstić information content (AvgIpc) is 2.43. The topological polar surface area (TPSA) is 18.5 Å². The zero-order valence-electron chi connectivity index (χ0n) is 12.8. The molecule has 0 N–H and O–H groups in total. The maximum atomic E-state index is 5.17. The van der Waals surface area contributed by atoms with Gasteiger partial charge in [-0.25, -0.2) is 0 Å². The molecule has 1 saturated heterocycles. The fraction of sp³-hybridized carbons (Fsp3) is 0.444. The molecule has 0 amide bonds. The summed E-state index contributed by atoms with van der Waals surface area (Å²) in [7, 11) is 0. The lowest BCUT2D eigenvalue weighted by molar-refractivity contribution is -0.187. The number of benzene rings is 2. The van der Waals surface area contributed by atoms with Gasteiger partial charge in [0.15, 0.2) is 6.29 Å². The van der Waals surface area contributed by atoms with E-state index >= 15 is 0 Å². The van der Waals surface area contributed by atoms with Crippen LogP contribution in [0.15, 0.2) is 36.4 Å². The maximum Gasteiger partial charge on any atom is 0.154 e. The van der Waals surface area contributed by atoms with Crippen LogP contribution in [0.25, 0.3) is 10.8 Å². The van der Waals surface area contributed by atoms with Gasteiger partial charge in [-0.3, -0.25) is 0 Å². The van der Waals surface area contributed by atoms with Gasteiger partial charge in [0.1, 0.15) is 0 Å². The summed E-state index contributed by atoms with van der Waals surface area (Å²) in [6.45, 7) is 9.98. The molecule has 0 atom stereocenters. The van der Waals surface area contributed by atoms with Crippen LogP contribution in [-0.2, 0) is 9.47 Å². The lowest BCUT2D eigenvalue weighted by Crippen LogP contribution is -2.27. The second kappa shape index (κ2) is 6.87. The van der Waals surface area contributed by atoms with Crippen molar-refractivity contribution >= 4 is 10.8 Å². The second-order valence-electron chi connectivity index (χ2n) is 5.69. The van der Waals surface area contributed by atoms with Crippen molar-refractivity contribution < 1.29 is 9.47 Å². The van der Waals surface area contributed by atoms with Crippen molar-refractivity contribution in [1.29, 1.82) is 0 Å². The van der Waals surface area contributed by atoms with Crippen LogP contribution in [-0.4, -0.2) is 19.5 Å². The second-order valence-corrected chi connectivity index (χ2v) is 5.69. The molecule has 3 rings (SSSR count). The van der Waals surface area contributed by atoms with Crippen LogP contribution in [0.1, 0.15) is 25.0 Å². The maximum absolute atomic E-state index is 5.17. The van der Waals surface area contributed by atoms with Gasteiger partial charge in [-0.05, 0) is 31.5 Å². The summed E-state index contributed by atoms with van der Waals surface area (Å²) in [5.41, 5.74) is 2.65. The summed E-state index contributed by atoms with van der Waals surface area (Å²) < 4.78 is 10.3. The van der Waals surface area contributed by atoms with E-state index in [0.29, 0.717) is 5.92 Å². The molecule has 20 heavy (non-hydrogen) atoms. The molecule has 1 aliphatic rings. The van der Waals surface area contributed by atoms with Gasteiger partial charge >= 0.3 is 0 Å². The SMILES string of the molecule is CC1COC(C)OC1.Cc1ccc2cc(C)ccc2c1. The van der Waals surface area contributed by atoms with Gasteiger partial charge in [0, 0.05) is 5.92 Å². The van der Waals surface area contributed by atoms with Gasteiger partial charge in [0.2, 0.25) is 0 Å². The fourth-order valence-electron chi connectivity index (χ4n) is 2.18. The first-order chi connectivity index (χ1) is 9.54. The highest BCUT2D eigenvalue weighted by molar-refractivity contribution is 5.83. The van der Waals surface area contributed by atoms with Crippen LogP contribution >= 0.6 is 0 Å². The predicted molar refractivity (Wildman–Crippen MR) is 84.0 cm³/mol. The molecule has 2 aromatic carbocycles. The Morgan fingerprint density at radius 3 is 1.65 bits per heavy atom. The van der Waals surface area contributed by atoms with Gasteiger partial charge in [-0.2, -0.15) is 0 Å². The summed E-state index contributed by atoms with van der Waals surface area (Å²) in [5, 5.41) is 2.67. The number of hydrogen-bond donors (Lipinski definition) is 0. The number of rotatable bonds is 0. The third kappa shape index (κ3) is 4.32. The zero-order chi connectivity index (χ0) is 14.5. The molecule has 0 aliphatic carbocycles. The van der Waals surface area contributed by atoms with Crippen molar-refractivity contribution in [3.63, 3.8) is 0 Å². The summed E-state index contributed by atoms with van der Waals surface area (Å²) in [6, 6.07) is 13.1. The minimum atomic E-state index is 0.0196. The highest BCUT2D eigenvalue weighted by atomic mass is 16.7. The Bertz CT molecular complexity index is 503. The normalized spacial score (nSPS) is 22.2. The number of aryl methyl sites for hydroxylation is 2. The average molecular weight is 272 g/mol. The van der Waals surface area contributed by atoms with E-state index in [1.54, 1.807) is 0 Å². The highest BCUT2D eigenvalue weighted by Crippen LogP contribution is 2.16. The van der Waals surface area contributed by atoms with Crippen LogP contribution < -0.4 is 0 Å². The first-order valence-corrected chi connectivity index (χ1v) is 7.25. The van der Waals surface area contributed by atoms with E-state index in [9.17, 15) is 0 Å². The van der Waals surface area contributed by atoms with Crippen LogP contribution in [0.2, 0.25) is 0 Å². The Morgan fingerprint density at radius 2 is 1.25 bits per heavy atom.